The fourth-order valence-electron chi connectivity index (χ4n) is 3.36. The number of nitrogens with zero attached hydrogens (tertiary/aromatic N) is 6. The maximum absolute atomic E-state index is 7.67. The number of benzene rings is 1. The fraction of sp³-hybridized carbons (Fsp3) is 0.444. The van der Waals surface area contributed by atoms with E-state index in [0.29, 0.717) is 5.95 Å². The topological polar surface area (TPSA) is 51.5 Å². The second-order valence-electron chi connectivity index (χ2n) is 7.03. The van der Waals surface area contributed by atoms with Crippen molar-refractivity contribution in [3.63, 3.8) is 0 Å². The van der Waals surface area contributed by atoms with Crippen LogP contribution in [0.4, 0.5) is 11.9 Å². The third kappa shape index (κ3) is 1.71. The van der Waals surface area contributed by atoms with Crippen LogP contribution in [-0.2, 0) is 12.6 Å². The van der Waals surface area contributed by atoms with Crippen LogP contribution < -0.4 is 4.58 Å². The predicted octanol–water partition coefficient (Wildman–Crippen LogP) is 3.13. The zero-order valence-corrected chi connectivity index (χ0v) is 14.8. The van der Waals surface area contributed by atoms with Crippen molar-refractivity contribution in [2.24, 2.45) is 7.05 Å². The van der Waals surface area contributed by atoms with Gasteiger partial charge in [0.1, 0.15) is 16.6 Å². The molecule has 0 saturated carbocycles. The number of hydrogen-bond donors (Lipinski definition) is 0. The maximum atomic E-state index is 7.67. The molecule has 2 aromatic heterocycles. The molecule has 0 unspecified atom stereocenters. The standard InChI is InChI=1S/C18H23N6/c1-10-8-14-15(9-11(10)2)24-16(19-14)23(12(3)18(24,5)6)17-21-20-13(4)22(17)7/h8-9H,1-7H3/q+1/i4D3. The van der Waals surface area contributed by atoms with Gasteiger partial charge in [-0.25, -0.2) is 9.13 Å². The molecule has 0 radical (unpaired) electrons. The zero-order valence-electron chi connectivity index (χ0n) is 17.8. The first-order valence-corrected chi connectivity index (χ1v) is 7.99. The Morgan fingerprint density at radius 1 is 1.08 bits per heavy atom. The molecule has 1 aliphatic heterocycles. The summed E-state index contributed by atoms with van der Waals surface area (Å²) in [5, 5.41) is 8.12. The van der Waals surface area contributed by atoms with Crippen LogP contribution in [0.5, 0.6) is 0 Å². The summed E-state index contributed by atoms with van der Waals surface area (Å²) in [7, 11) is 1.68. The van der Waals surface area contributed by atoms with Crippen molar-refractivity contribution in [3.8, 4) is 0 Å². The molecule has 6 heteroatoms. The molecule has 6 nitrogen and oxygen atoms in total. The van der Waals surface area contributed by atoms with Crippen LogP contribution in [-0.4, -0.2) is 30.0 Å². The average molecular weight is 326 g/mol. The molecule has 3 aromatic rings. The minimum absolute atomic E-state index is 0.0376. The normalized spacial score (nSPS) is 18.7. The minimum atomic E-state index is -2.32. The van der Waals surface area contributed by atoms with Crippen molar-refractivity contribution in [2.45, 2.75) is 47.0 Å². The lowest BCUT2D eigenvalue weighted by atomic mass is 9.99. The van der Waals surface area contributed by atoms with Crippen LogP contribution in [0.2, 0.25) is 0 Å². The Labute approximate surface area is 145 Å². The Morgan fingerprint density at radius 2 is 1.79 bits per heavy atom. The smallest absolute Gasteiger partial charge is 0.248 e. The highest BCUT2D eigenvalue weighted by molar-refractivity contribution is 5.99. The summed E-state index contributed by atoms with van der Waals surface area (Å²) in [6.07, 6.45) is 0. The van der Waals surface area contributed by atoms with Gasteiger partial charge in [-0.15, -0.1) is 4.98 Å². The highest BCUT2D eigenvalue weighted by Gasteiger charge is 2.44. The van der Waals surface area contributed by atoms with Crippen LogP contribution >= 0.6 is 0 Å². The molecule has 0 aliphatic carbocycles. The van der Waals surface area contributed by atoms with E-state index in [4.69, 9.17) is 9.10 Å². The lowest BCUT2D eigenvalue weighted by molar-refractivity contribution is 0.528. The summed E-state index contributed by atoms with van der Waals surface area (Å²) in [5.74, 6) is 1.14. The quantitative estimate of drug-likeness (QED) is 0.646. The van der Waals surface area contributed by atoms with Crippen molar-refractivity contribution >= 4 is 28.6 Å². The first-order valence-electron chi connectivity index (χ1n) is 9.49. The lowest BCUT2D eigenvalue weighted by Crippen LogP contribution is -2.32. The van der Waals surface area contributed by atoms with Gasteiger partial charge < -0.3 is 0 Å². The molecule has 0 amide bonds. The van der Waals surface area contributed by atoms with Crippen LogP contribution in [0.3, 0.4) is 0 Å². The molecule has 0 saturated heterocycles. The van der Waals surface area contributed by atoms with Gasteiger partial charge in [0.05, 0.1) is 5.71 Å². The van der Waals surface area contributed by atoms with Crippen LogP contribution in [0, 0.1) is 20.7 Å². The van der Waals surface area contributed by atoms with Gasteiger partial charge in [0.15, 0.2) is 5.82 Å². The van der Waals surface area contributed by atoms with E-state index < -0.39 is 6.85 Å². The molecule has 4 rings (SSSR count). The molecule has 1 aliphatic rings. The number of rotatable bonds is 1. The SMILES string of the molecule is [2H]C([2H])([2H])c1nnc([N+]2=C(C)C(C)(C)n3c2nc2cc(C)c(C)cc23)n1C. The molecule has 24 heavy (non-hydrogen) atoms. The monoisotopic (exact) mass is 326 g/mol. The zero-order chi connectivity index (χ0) is 19.9. The molecule has 0 fully saturated rings. The molecule has 124 valence electrons. The molecule has 0 bridgehead atoms. The third-order valence-electron chi connectivity index (χ3n) is 5.28. The van der Waals surface area contributed by atoms with Crippen LogP contribution in [0.1, 0.15) is 41.8 Å². The predicted molar refractivity (Wildman–Crippen MR) is 96.4 cm³/mol. The fourth-order valence-corrected chi connectivity index (χ4v) is 3.36. The summed E-state index contributed by atoms with van der Waals surface area (Å²) >= 11 is 0. The lowest BCUT2D eigenvalue weighted by Gasteiger charge is -2.19. The number of fused-ring (bicyclic) bond motifs is 3. The second-order valence-corrected chi connectivity index (χ2v) is 7.03. The highest BCUT2D eigenvalue weighted by atomic mass is 15.4. The number of hydrogen-bond acceptors (Lipinski definition) is 3. The van der Waals surface area contributed by atoms with Gasteiger partial charge in [0.2, 0.25) is 0 Å². The Bertz CT molecular complexity index is 1130. The minimum Gasteiger partial charge on any atom is -0.248 e. The summed E-state index contributed by atoms with van der Waals surface area (Å²) in [5.41, 5.74) is 5.04. The molecule has 3 heterocycles. The third-order valence-corrected chi connectivity index (χ3v) is 5.28. The molecule has 0 spiro atoms. The molecule has 0 N–H and O–H groups in total. The van der Waals surface area contributed by atoms with Crippen molar-refractivity contribution in [1.29, 1.82) is 0 Å². The van der Waals surface area contributed by atoms with Gasteiger partial charge in [-0.05, 0) is 63.0 Å². The average Bonchev–Trinajstić information content (AvgIpc) is 3.14. The number of aromatic nitrogens is 5. The summed E-state index contributed by atoms with van der Waals surface area (Å²) in [6, 6.07) is 4.24. The van der Waals surface area contributed by atoms with E-state index in [9.17, 15) is 0 Å². The van der Waals surface area contributed by atoms with E-state index in [0.717, 1.165) is 22.7 Å². The summed E-state index contributed by atoms with van der Waals surface area (Å²) < 4.78 is 28.6. The van der Waals surface area contributed by atoms with Crippen molar-refractivity contribution < 1.29 is 4.11 Å². The molecular formula is C18H23N6+. The Balaban J connectivity index is 2.03. The van der Waals surface area contributed by atoms with Gasteiger partial charge >= 0.3 is 11.9 Å². The number of imidazole rings is 1. The highest BCUT2D eigenvalue weighted by Crippen LogP contribution is 2.38. The van der Waals surface area contributed by atoms with Crippen molar-refractivity contribution in [2.75, 3.05) is 0 Å². The first kappa shape index (κ1) is 11.9. The molecule has 0 atom stereocenters. The summed E-state index contributed by atoms with van der Waals surface area (Å²) in [6.45, 7) is 8.12. The molecular weight excluding hydrogens is 300 g/mol. The maximum Gasteiger partial charge on any atom is 0.355 e. The Morgan fingerprint density at radius 3 is 2.46 bits per heavy atom. The largest absolute Gasteiger partial charge is 0.355 e. The van der Waals surface area contributed by atoms with Crippen molar-refractivity contribution in [1.82, 2.24) is 28.9 Å². The van der Waals surface area contributed by atoms with E-state index in [1.54, 1.807) is 7.05 Å². The van der Waals surface area contributed by atoms with E-state index >= 15 is 0 Å². The van der Waals surface area contributed by atoms with Crippen LogP contribution in [0.25, 0.3) is 11.0 Å². The van der Waals surface area contributed by atoms with E-state index in [-0.39, 0.29) is 11.4 Å². The molecule has 1 aromatic carbocycles. The van der Waals surface area contributed by atoms with Crippen LogP contribution in [0.15, 0.2) is 12.1 Å². The van der Waals surface area contributed by atoms with Gasteiger partial charge in [0.25, 0.3) is 0 Å². The first-order chi connectivity index (χ1) is 12.4. The Kier molecular flexibility index (Phi) is 2.25. The van der Waals surface area contributed by atoms with Gasteiger partial charge in [-0.1, -0.05) is 5.10 Å². The van der Waals surface area contributed by atoms with E-state index in [1.165, 1.54) is 15.7 Å². The van der Waals surface area contributed by atoms with Gasteiger partial charge in [-0.2, -0.15) is 4.58 Å². The number of aryl methyl sites for hydroxylation is 3. The Hall–Kier alpha value is -2.50. The van der Waals surface area contributed by atoms with Gasteiger partial charge in [0, 0.05) is 18.0 Å². The summed E-state index contributed by atoms with van der Waals surface area (Å²) in [4.78, 5) is 4.86. The van der Waals surface area contributed by atoms with Gasteiger partial charge in [-0.3, -0.25) is 0 Å². The van der Waals surface area contributed by atoms with Crippen molar-refractivity contribution in [3.05, 3.63) is 29.1 Å². The van der Waals surface area contributed by atoms with E-state index in [2.05, 4.69) is 54.6 Å². The second kappa shape index (κ2) is 4.53. The van der Waals surface area contributed by atoms with E-state index in [1.807, 2.05) is 11.5 Å².